The summed E-state index contributed by atoms with van der Waals surface area (Å²) in [6.07, 6.45) is 2.97. The molecule has 1 unspecified atom stereocenters. The van der Waals surface area contributed by atoms with Gasteiger partial charge in [-0.05, 0) is 49.7 Å². The number of rotatable bonds is 7. The van der Waals surface area contributed by atoms with Crippen LogP contribution in [0.3, 0.4) is 0 Å². The number of anilines is 3. The molecule has 2 N–H and O–H groups in total. The Balaban J connectivity index is 1.48. The maximum atomic E-state index is 13.6. The standard InChI is InChI=1S/C28H30ClFN8O2S/c1-16-13-19(17(2)32-21-6-7-22(29)33-25(21)26(39)35-41-4)24-20(14-16)27(40)36(3)28(34-24)38-11-9-37(10-12-38)23-8-5-18(30)15-31-23/h5-8,13-15,17,32H,9-12H2,1-4H3,(H,35,39). The van der Waals surface area contributed by atoms with E-state index in [1.165, 1.54) is 24.2 Å². The summed E-state index contributed by atoms with van der Waals surface area (Å²) in [5.74, 6) is 0.545. The fourth-order valence-corrected chi connectivity index (χ4v) is 5.45. The first kappa shape index (κ1) is 28.6. The molecule has 214 valence electrons. The predicted molar refractivity (Wildman–Crippen MR) is 163 cm³/mol. The highest BCUT2D eigenvalue weighted by molar-refractivity contribution is 7.97. The number of nitrogens with one attached hydrogen (secondary N) is 2. The summed E-state index contributed by atoms with van der Waals surface area (Å²) in [4.78, 5) is 43.8. The number of amides is 1. The molecule has 0 aliphatic carbocycles. The molecule has 1 fully saturated rings. The van der Waals surface area contributed by atoms with Crippen molar-refractivity contribution in [1.82, 2.24) is 24.2 Å². The number of hydrogen-bond donors (Lipinski definition) is 2. The first-order valence-corrected chi connectivity index (χ1v) is 14.7. The number of halogens is 2. The average molecular weight is 597 g/mol. The van der Waals surface area contributed by atoms with E-state index in [0.717, 1.165) is 11.1 Å². The minimum Gasteiger partial charge on any atom is -0.377 e. The maximum absolute atomic E-state index is 13.6. The van der Waals surface area contributed by atoms with Crippen molar-refractivity contribution in [2.75, 3.05) is 47.6 Å². The lowest BCUT2D eigenvalue weighted by molar-refractivity contribution is 0.0980. The van der Waals surface area contributed by atoms with Gasteiger partial charge in [-0.1, -0.05) is 29.6 Å². The van der Waals surface area contributed by atoms with Gasteiger partial charge in [-0.2, -0.15) is 0 Å². The topological polar surface area (TPSA) is 108 Å². The molecule has 3 aromatic heterocycles. The fraction of sp³-hybridized carbons (Fsp3) is 0.321. The molecule has 1 aromatic carbocycles. The summed E-state index contributed by atoms with van der Waals surface area (Å²) in [6, 6.07) is 9.93. The van der Waals surface area contributed by atoms with Crippen molar-refractivity contribution >= 4 is 57.8 Å². The predicted octanol–water partition coefficient (Wildman–Crippen LogP) is 4.33. The van der Waals surface area contributed by atoms with E-state index in [4.69, 9.17) is 16.6 Å². The third kappa shape index (κ3) is 5.94. The largest absolute Gasteiger partial charge is 0.377 e. The Morgan fingerprint density at radius 2 is 1.83 bits per heavy atom. The second-order valence-electron chi connectivity index (χ2n) is 9.87. The van der Waals surface area contributed by atoms with E-state index >= 15 is 0 Å². The van der Waals surface area contributed by atoms with Crippen LogP contribution in [0.1, 0.15) is 34.6 Å². The number of piperazine rings is 1. The monoisotopic (exact) mass is 596 g/mol. The molecule has 0 bridgehead atoms. The van der Waals surface area contributed by atoms with E-state index < -0.39 is 0 Å². The summed E-state index contributed by atoms with van der Waals surface area (Å²) < 4.78 is 17.6. The van der Waals surface area contributed by atoms with Gasteiger partial charge >= 0.3 is 0 Å². The third-order valence-corrected chi connectivity index (χ3v) is 7.64. The molecule has 0 spiro atoms. The molecule has 4 aromatic rings. The minimum atomic E-state index is -0.371. The van der Waals surface area contributed by atoms with Gasteiger partial charge in [0.25, 0.3) is 11.5 Å². The lowest BCUT2D eigenvalue weighted by Gasteiger charge is -2.36. The summed E-state index contributed by atoms with van der Waals surface area (Å²) >= 11 is 7.26. The zero-order valence-electron chi connectivity index (χ0n) is 23.1. The molecule has 1 atom stereocenters. The third-order valence-electron chi connectivity index (χ3n) is 7.04. The summed E-state index contributed by atoms with van der Waals surface area (Å²) in [5, 5.41) is 4.11. The number of nitrogens with zero attached hydrogens (tertiary/aromatic N) is 6. The Morgan fingerprint density at radius 3 is 2.51 bits per heavy atom. The van der Waals surface area contributed by atoms with Crippen LogP contribution in [0.5, 0.6) is 0 Å². The first-order chi connectivity index (χ1) is 19.7. The molecule has 1 aliphatic rings. The molecule has 1 aliphatic heterocycles. The molecule has 5 rings (SSSR count). The van der Waals surface area contributed by atoms with Gasteiger partial charge in [-0.25, -0.2) is 19.3 Å². The number of fused-ring (bicyclic) bond motifs is 1. The molecule has 1 amide bonds. The lowest BCUT2D eigenvalue weighted by atomic mass is 10.0. The van der Waals surface area contributed by atoms with Gasteiger partial charge in [0.1, 0.15) is 16.8 Å². The highest BCUT2D eigenvalue weighted by Gasteiger charge is 2.24. The van der Waals surface area contributed by atoms with E-state index in [-0.39, 0.29) is 34.2 Å². The smallest absolute Gasteiger partial charge is 0.281 e. The highest BCUT2D eigenvalue weighted by atomic mass is 35.5. The molecular weight excluding hydrogens is 567 g/mol. The van der Waals surface area contributed by atoms with E-state index in [0.29, 0.717) is 54.5 Å². The van der Waals surface area contributed by atoms with Gasteiger partial charge in [0.05, 0.1) is 28.8 Å². The highest BCUT2D eigenvalue weighted by Crippen LogP contribution is 2.29. The Bertz CT molecular complexity index is 1660. The summed E-state index contributed by atoms with van der Waals surface area (Å²) in [7, 11) is 1.73. The van der Waals surface area contributed by atoms with Crippen LogP contribution in [-0.2, 0) is 7.05 Å². The van der Waals surface area contributed by atoms with Crippen LogP contribution in [0.4, 0.5) is 21.8 Å². The van der Waals surface area contributed by atoms with E-state index in [2.05, 4.69) is 29.8 Å². The van der Waals surface area contributed by atoms with Crippen molar-refractivity contribution < 1.29 is 9.18 Å². The molecule has 4 heterocycles. The van der Waals surface area contributed by atoms with Crippen molar-refractivity contribution in [2.45, 2.75) is 19.9 Å². The van der Waals surface area contributed by atoms with Gasteiger partial charge in [-0.15, -0.1) is 0 Å². The average Bonchev–Trinajstić information content (AvgIpc) is 2.96. The van der Waals surface area contributed by atoms with Crippen LogP contribution >= 0.6 is 23.5 Å². The van der Waals surface area contributed by atoms with Gasteiger partial charge in [-0.3, -0.25) is 18.9 Å². The van der Waals surface area contributed by atoms with Gasteiger partial charge in [0.15, 0.2) is 5.69 Å². The van der Waals surface area contributed by atoms with Gasteiger partial charge in [0.2, 0.25) is 5.95 Å². The number of pyridine rings is 2. The van der Waals surface area contributed by atoms with E-state index in [9.17, 15) is 14.0 Å². The number of carbonyl (C=O) groups excluding carboxylic acids is 1. The van der Waals surface area contributed by atoms with Crippen LogP contribution in [0, 0.1) is 12.7 Å². The molecule has 13 heteroatoms. The molecule has 41 heavy (non-hydrogen) atoms. The molecule has 0 radical (unpaired) electrons. The number of hydrogen-bond acceptors (Lipinski definition) is 9. The van der Waals surface area contributed by atoms with Crippen molar-refractivity contribution in [3.63, 3.8) is 0 Å². The van der Waals surface area contributed by atoms with Crippen LogP contribution in [0.15, 0.2) is 47.4 Å². The van der Waals surface area contributed by atoms with Crippen molar-refractivity contribution in [1.29, 1.82) is 0 Å². The summed E-state index contributed by atoms with van der Waals surface area (Å²) in [6.45, 7) is 6.42. The molecule has 1 saturated heterocycles. The minimum absolute atomic E-state index is 0.141. The zero-order chi connectivity index (χ0) is 29.3. The zero-order valence-corrected chi connectivity index (χ0v) is 24.7. The fourth-order valence-electron chi connectivity index (χ4n) is 5.02. The molecule has 0 saturated carbocycles. The second-order valence-corrected chi connectivity index (χ2v) is 10.9. The quantitative estimate of drug-likeness (QED) is 0.238. The number of aromatic nitrogens is 4. The maximum Gasteiger partial charge on any atom is 0.281 e. The number of aryl methyl sites for hydroxylation is 1. The van der Waals surface area contributed by atoms with Crippen molar-refractivity contribution in [3.8, 4) is 0 Å². The number of carbonyl (C=O) groups is 1. The number of benzene rings is 1. The Hall–Kier alpha value is -3.90. The van der Waals surface area contributed by atoms with E-state index in [1.807, 2.05) is 26.0 Å². The van der Waals surface area contributed by atoms with Crippen molar-refractivity contribution in [2.24, 2.45) is 7.05 Å². The Labute approximate surface area is 246 Å². The first-order valence-electron chi connectivity index (χ1n) is 13.1. The molecular formula is C28H30ClFN8O2S. The Kier molecular flexibility index (Phi) is 8.32. The van der Waals surface area contributed by atoms with Crippen LogP contribution in [0.25, 0.3) is 10.9 Å². The van der Waals surface area contributed by atoms with Crippen molar-refractivity contribution in [3.05, 3.63) is 80.7 Å². The molecule has 10 nitrogen and oxygen atoms in total. The summed E-state index contributed by atoms with van der Waals surface area (Å²) in [5.41, 5.74) is 2.87. The normalized spacial score (nSPS) is 14.3. The second kappa shape index (κ2) is 11.9. The van der Waals surface area contributed by atoms with Gasteiger partial charge < -0.3 is 15.1 Å². The lowest BCUT2D eigenvalue weighted by Crippen LogP contribution is -2.48. The van der Waals surface area contributed by atoms with Crippen LogP contribution in [0.2, 0.25) is 5.15 Å². The van der Waals surface area contributed by atoms with Crippen LogP contribution < -0.4 is 25.4 Å². The van der Waals surface area contributed by atoms with E-state index in [1.54, 1.807) is 36.1 Å². The van der Waals surface area contributed by atoms with Crippen LogP contribution in [-0.4, -0.2) is 57.9 Å². The SMILES string of the molecule is CSNC(=O)c1nc(Cl)ccc1NC(C)c1cc(C)cc2c(=O)n(C)c(N3CCN(c4ccc(F)cn4)CC3)nc12. The van der Waals surface area contributed by atoms with Gasteiger partial charge in [0, 0.05) is 45.0 Å². The Morgan fingerprint density at radius 1 is 1.10 bits per heavy atom.